The minimum absolute atomic E-state index is 0.0544. The molecule has 2 unspecified atom stereocenters. The molecule has 1 amide bonds. The SMILES string of the molecule is CN(C(=O)C1(C)COCC1N)c1ccccn1. The van der Waals surface area contributed by atoms with Gasteiger partial charge in [0, 0.05) is 19.3 Å². The number of amides is 1. The number of nitrogens with two attached hydrogens (primary N) is 1. The number of hydrogen-bond donors (Lipinski definition) is 1. The lowest BCUT2D eigenvalue weighted by Crippen LogP contribution is -2.50. The summed E-state index contributed by atoms with van der Waals surface area (Å²) in [7, 11) is 1.71. The summed E-state index contributed by atoms with van der Waals surface area (Å²) in [5.41, 5.74) is 5.28. The molecule has 92 valence electrons. The number of anilines is 1. The van der Waals surface area contributed by atoms with Crippen LogP contribution in [0.4, 0.5) is 5.82 Å². The maximum absolute atomic E-state index is 12.4. The maximum Gasteiger partial charge on any atom is 0.237 e. The molecule has 0 radical (unpaired) electrons. The molecule has 17 heavy (non-hydrogen) atoms. The van der Waals surface area contributed by atoms with Crippen LogP contribution in [0.3, 0.4) is 0 Å². The highest BCUT2D eigenvalue weighted by Crippen LogP contribution is 2.30. The van der Waals surface area contributed by atoms with Gasteiger partial charge in [-0.25, -0.2) is 4.98 Å². The first-order valence-corrected chi connectivity index (χ1v) is 5.58. The van der Waals surface area contributed by atoms with Crippen molar-refractivity contribution in [3.63, 3.8) is 0 Å². The average molecular weight is 235 g/mol. The molecular formula is C12H17N3O2. The van der Waals surface area contributed by atoms with Crippen LogP contribution in [0.1, 0.15) is 6.92 Å². The van der Waals surface area contributed by atoms with Crippen molar-refractivity contribution in [2.75, 3.05) is 25.2 Å². The van der Waals surface area contributed by atoms with Crippen LogP contribution in [0, 0.1) is 5.41 Å². The van der Waals surface area contributed by atoms with Crippen molar-refractivity contribution < 1.29 is 9.53 Å². The highest BCUT2D eigenvalue weighted by Gasteiger charge is 2.46. The Balaban J connectivity index is 2.21. The summed E-state index contributed by atoms with van der Waals surface area (Å²) < 4.78 is 5.29. The van der Waals surface area contributed by atoms with Crippen molar-refractivity contribution >= 4 is 11.7 Å². The highest BCUT2D eigenvalue weighted by molar-refractivity contribution is 5.97. The third-order valence-electron chi connectivity index (χ3n) is 3.30. The Kier molecular flexibility index (Phi) is 3.13. The number of aromatic nitrogens is 1. The predicted octanol–water partition coefficient (Wildman–Crippen LogP) is 0.408. The maximum atomic E-state index is 12.4. The number of rotatable bonds is 2. The summed E-state index contributed by atoms with van der Waals surface area (Å²) in [5, 5.41) is 0. The van der Waals surface area contributed by atoms with Gasteiger partial charge in [-0.15, -0.1) is 0 Å². The average Bonchev–Trinajstić information content (AvgIpc) is 2.70. The van der Waals surface area contributed by atoms with Crippen LogP contribution in [0.2, 0.25) is 0 Å². The molecular weight excluding hydrogens is 218 g/mol. The highest BCUT2D eigenvalue weighted by atomic mass is 16.5. The topological polar surface area (TPSA) is 68.5 Å². The Bertz CT molecular complexity index is 409. The molecule has 5 nitrogen and oxygen atoms in total. The molecule has 2 rings (SSSR count). The minimum Gasteiger partial charge on any atom is -0.379 e. The molecule has 1 fully saturated rings. The molecule has 0 spiro atoms. The van der Waals surface area contributed by atoms with Crippen molar-refractivity contribution in [2.45, 2.75) is 13.0 Å². The van der Waals surface area contributed by atoms with E-state index < -0.39 is 5.41 Å². The monoisotopic (exact) mass is 235 g/mol. The van der Waals surface area contributed by atoms with E-state index in [0.29, 0.717) is 19.0 Å². The Labute approximate surface area is 101 Å². The number of ether oxygens (including phenoxy) is 1. The molecule has 2 N–H and O–H groups in total. The summed E-state index contributed by atoms with van der Waals surface area (Å²) in [6, 6.07) is 5.19. The molecule has 0 bridgehead atoms. The fourth-order valence-electron chi connectivity index (χ4n) is 1.95. The molecule has 0 saturated carbocycles. The van der Waals surface area contributed by atoms with Gasteiger partial charge in [-0.2, -0.15) is 0 Å². The molecule has 1 aliphatic heterocycles. The van der Waals surface area contributed by atoms with Crippen molar-refractivity contribution in [3.8, 4) is 0 Å². The van der Waals surface area contributed by atoms with Crippen LogP contribution in [0.15, 0.2) is 24.4 Å². The van der Waals surface area contributed by atoms with E-state index >= 15 is 0 Å². The zero-order chi connectivity index (χ0) is 12.5. The predicted molar refractivity (Wildman–Crippen MR) is 64.5 cm³/mol. The van der Waals surface area contributed by atoms with Gasteiger partial charge >= 0.3 is 0 Å². The van der Waals surface area contributed by atoms with Crippen LogP contribution in [0.5, 0.6) is 0 Å². The van der Waals surface area contributed by atoms with Gasteiger partial charge in [0.25, 0.3) is 0 Å². The van der Waals surface area contributed by atoms with Gasteiger partial charge in [0.15, 0.2) is 0 Å². The summed E-state index contributed by atoms with van der Waals surface area (Å²) in [6.07, 6.45) is 1.66. The Hall–Kier alpha value is -1.46. The van der Waals surface area contributed by atoms with Gasteiger partial charge in [-0.05, 0) is 19.1 Å². The quantitative estimate of drug-likeness (QED) is 0.806. The molecule has 0 aliphatic carbocycles. The molecule has 1 aliphatic rings. The summed E-state index contributed by atoms with van der Waals surface area (Å²) >= 11 is 0. The zero-order valence-electron chi connectivity index (χ0n) is 10.1. The molecule has 1 saturated heterocycles. The van der Waals surface area contributed by atoms with Gasteiger partial charge < -0.3 is 10.5 Å². The van der Waals surface area contributed by atoms with Crippen LogP contribution < -0.4 is 10.6 Å². The summed E-state index contributed by atoms with van der Waals surface area (Å²) in [5.74, 6) is 0.569. The fraction of sp³-hybridized carbons (Fsp3) is 0.500. The standard InChI is InChI=1S/C12H17N3O2/c1-12(8-17-7-9(12)13)11(16)15(2)10-5-3-4-6-14-10/h3-6,9H,7-8,13H2,1-2H3. The van der Waals surface area contributed by atoms with E-state index in [-0.39, 0.29) is 11.9 Å². The molecule has 1 aromatic heterocycles. The van der Waals surface area contributed by atoms with Crippen LogP contribution >= 0.6 is 0 Å². The normalized spacial score (nSPS) is 28.1. The summed E-state index contributed by atoms with van der Waals surface area (Å²) in [4.78, 5) is 18.1. The second kappa shape index (κ2) is 4.43. The second-order valence-electron chi connectivity index (χ2n) is 4.59. The molecule has 5 heteroatoms. The molecule has 2 atom stereocenters. The smallest absolute Gasteiger partial charge is 0.237 e. The van der Waals surface area contributed by atoms with Gasteiger partial charge in [0.2, 0.25) is 5.91 Å². The molecule has 2 heterocycles. The van der Waals surface area contributed by atoms with E-state index in [1.165, 1.54) is 4.90 Å². The number of carbonyl (C=O) groups is 1. The van der Waals surface area contributed by atoms with Crippen molar-refractivity contribution in [3.05, 3.63) is 24.4 Å². The van der Waals surface area contributed by atoms with Gasteiger partial charge in [0.05, 0.1) is 18.6 Å². The van der Waals surface area contributed by atoms with Gasteiger partial charge in [-0.3, -0.25) is 9.69 Å². The first-order chi connectivity index (χ1) is 8.05. The van der Waals surface area contributed by atoms with E-state index in [1.807, 2.05) is 19.1 Å². The second-order valence-corrected chi connectivity index (χ2v) is 4.59. The van der Waals surface area contributed by atoms with Crippen molar-refractivity contribution in [2.24, 2.45) is 11.1 Å². The van der Waals surface area contributed by atoms with Crippen molar-refractivity contribution in [1.29, 1.82) is 0 Å². The van der Waals surface area contributed by atoms with E-state index in [0.717, 1.165) is 0 Å². The lowest BCUT2D eigenvalue weighted by molar-refractivity contribution is -0.127. The first kappa shape index (κ1) is 12.0. The third-order valence-corrected chi connectivity index (χ3v) is 3.30. The number of pyridine rings is 1. The zero-order valence-corrected chi connectivity index (χ0v) is 10.1. The molecule has 1 aromatic rings. The number of hydrogen-bond acceptors (Lipinski definition) is 4. The van der Waals surface area contributed by atoms with E-state index in [1.54, 1.807) is 19.3 Å². The Morgan fingerprint density at radius 3 is 2.94 bits per heavy atom. The van der Waals surface area contributed by atoms with Crippen LogP contribution in [-0.4, -0.2) is 37.2 Å². The lowest BCUT2D eigenvalue weighted by atomic mass is 9.84. The molecule has 0 aromatic carbocycles. The third kappa shape index (κ3) is 2.03. The Morgan fingerprint density at radius 2 is 2.41 bits per heavy atom. The van der Waals surface area contributed by atoms with Crippen LogP contribution in [-0.2, 0) is 9.53 Å². The van der Waals surface area contributed by atoms with E-state index in [9.17, 15) is 4.79 Å². The van der Waals surface area contributed by atoms with E-state index in [4.69, 9.17) is 10.5 Å². The Morgan fingerprint density at radius 1 is 1.65 bits per heavy atom. The fourth-order valence-corrected chi connectivity index (χ4v) is 1.95. The van der Waals surface area contributed by atoms with Crippen LogP contribution in [0.25, 0.3) is 0 Å². The number of nitrogens with zero attached hydrogens (tertiary/aromatic N) is 2. The largest absolute Gasteiger partial charge is 0.379 e. The van der Waals surface area contributed by atoms with Gasteiger partial charge in [0.1, 0.15) is 5.82 Å². The van der Waals surface area contributed by atoms with E-state index in [2.05, 4.69) is 4.98 Å². The first-order valence-electron chi connectivity index (χ1n) is 5.58. The number of carbonyl (C=O) groups excluding carboxylic acids is 1. The minimum atomic E-state index is -0.660. The summed E-state index contributed by atoms with van der Waals surface area (Å²) in [6.45, 7) is 2.63. The van der Waals surface area contributed by atoms with Crippen molar-refractivity contribution in [1.82, 2.24) is 4.98 Å². The lowest BCUT2D eigenvalue weighted by Gasteiger charge is -2.30. The van der Waals surface area contributed by atoms with Gasteiger partial charge in [-0.1, -0.05) is 6.07 Å².